The molecule has 2 nitrogen and oxygen atoms in total. The Labute approximate surface area is 60.9 Å². The Hall–Kier alpha value is -1.05. The number of ether oxygens (including phenoxy) is 1. The molecule has 2 radical (unpaired) electrons. The molecule has 0 N–H and O–H groups in total. The maximum atomic E-state index is 5.16. The fourth-order valence-electron chi connectivity index (χ4n) is 0.550. The van der Waals surface area contributed by atoms with E-state index >= 15 is 0 Å². The SMILES string of the molecule is CCCOc1[c][c]ccn1. The van der Waals surface area contributed by atoms with E-state index < -0.39 is 0 Å². The van der Waals surface area contributed by atoms with Crippen LogP contribution in [-0.4, -0.2) is 11.6 Å². The number of nitrogens with zero attached hydrogens (tertiary/aromatic N) is 1. The molecule has 0 atom stereocenters. The van der Waals surface area contributed by atoms with Crippen molar-refractivity contribution in [1.29, 1.82) is 0 Å². The minimum Gasteiger partial charge on any atom is -0.477 e. The van der Waals surface area contributed by atoms with Gasteiger partial charge < -0.3 is 4.74 Å². The maximum absolute atomic E-state index is 5.16. The first-order chi connectivity index (χ1) is 4.93. The van der Waals surface area contributed by atoms with Crippen LogP contribution in [0.2, 0.25) is 0 Å². The molecule has 0 fully saturated rings. The van der Waals surface area contributed by atoms with Gasteiger partial charge in [-0.3, -0.25) is 0 Å². The Bertz CT molecular complexity index is 174. The minimum atomic E-state index is 0.532. The van der Waals surface area contributed by atoms with Gasteiger partial charge in [-0.2, -0.15) is 0 Å². The van der Waals surface area contributed by atoms with Crippen molar-refractivity contribution in [3.63, 3.8) is 0 Å². The molecule has 0 unspecified atom stereocenters. The monoisotopic (exact) mass is 135 g/mol. The van der Waals surface area contributed by atoms with Crippen molar-refractivity contribution in [2.24, 2.45) is 0 Å². The molecule has 0 aliphatic heterocycles. The van der Waals surface area contributed by atoms with Crippen molar-refractivity contribution in [3.8, 4) is 5.88 Å². The van der Waals surface area contributed by atoms with Crippen LogP contribution in [0.25, 0.3) is 0 Å². The van der Waals surface area contributed by atoms with Crippen molar-refractivity contribution in [2.75, 3.05) is 6.61 Å². The second-order valence-corrected chi connectivity index (χ2v) is 1.87. The van der Waals surface area contributed by atoms with Gasteiger partial charge in [-0.15, -0.1) is 0 Å². The van der Waals surface area contributed by atoms with Crippen LogP contribution in [0.15, 0.2) is 12.3 Å². The summed E-state index contributed by atoms with van der Waals surface area (Å²) in [5.41, 5.74) is 0. The highest BCUT2D eigenvalue weighted by Gasteiger charge is 1.89. The maximum Gasteiger partial charge on any atom is 0.222 e. The largest absolute Gasteiger partial charge is 0.477 e. The quantitative estimate of drug-likeness (QED) is 0.626. The van der Waals surface area contributed by atoms with Gasteiger partial charge in [-0.05, 0) is 18.6 Å². The summed E-state index contributed by atoms with van der Waals surface area (Å²) >= 11 is 0. The molecule has 0 aliphatic rings. The van der Waals surface area contributed by atoms with E-state index in [0.717, 1.165) is 6.42 Å². The fraction of sp³-hybridized carbons (Fsp3) is 0.375. The molecule has 1 aromatic heterocycles. The number of hydrogen-bond acceptors (Lipinski definition) is 2. The molecular formula is C8H9NO. The van der Waals surface area contributed by atoms with Gasteiger partial charge in [-0.1, -0.05) is 6.92 Å². The number of rotatable bonds is 3. The Balaban J connectivity index is 2.43. The Kier molecular flexibility index (Phi) is 2.74. The van der Waals surface area contributed by atoms with Crippen LogP contribution in [0.4, 0.5) is 0 Å². The zero-order valence-electron chi connectivity index (χ0n) is 5.92. The van der Waals surface area contributed by atoms with Gasteiger partial charge in [0.05, 0.1) is 12.7 Å². The highest BCUT2D eigenvalue weighted by Crippen LogP contribution is 2.00. The molecule has 52 valence electrons. The van der Waals surface area contributed by atoms with Gasteiger partial charge in [0.15, 0.2) is 0 Å². The van der Waals surface area contributed by atoms with Gasteiger partial charge in [0, 0.05) is 6.20 Å². The first-order valence-corrected chi connectivity index (χ1v) is 3.30. The third kappa shape index (κ3) is 2.05. The molecule has 0 saturated heterocycles. The topological polar surface area (TPSA) is 22.1 Å². The molecule has 0 amide bonds. The predicted molar refractivity (Wildman–Crippen MR) is 37.7 cm³/mol. The van der Waals surface area contributed by atoms with Crippen molar-refractivity contribution < 1.29 is 4.74 Å². The molecule has 1 heterocycles. The van der Waals surface area contributed by atoms with Crippen LogP contribution in [0.5, 0.6) is 5.88 Å². The summed E-state index contributed by atoms with van der Waals surface area (Å²) in [5.74, 6) is 0.532. The highest BCUT2D eigenvalue weighted by atomic mass is 16.5. The smallest absolute Gasteiger partial charge is 0.222 e. The molecule has 0 saturated carbocycles. The van der Waals surface area contributed by atoms with Gasteiger partial charge >= 0.3 is 0 Å². The average molecular weight is 135 g/mol. The molecule has 2 heteroatoms. The zero-order chi connectivity index (χ0) is 7.23. The molecule has 0 spiro atoms. The second kappa shape index (κ2) is 3.88. The van der Waals surface area contributed by atoms with E-state index in [4.69, 9.17) is 4.74 Å². The summed E-state index contributed by atoms with van der Waals surface area (Å²) in [4.78, 5) is 3.91. The van der Waals surface area contributed by atoms with Crippen molar-refractivity contribution in [1.82, 2.24) is 4.98 Å². The van der Waals surface area contributed by atoms with Crippen LogP contribution in [-0.2, 0) is 0 Å². The summed E-state index contributed by atoms with van der Waals surface area (Å²) in [6, 6.07) is 7.20. The van der Waals surface area contributed by atoms with E-state index in [9.17, 15) is 0 Å². The Morgan fingerprint density at radius 2 is 2.60 bits per heavy atom. The Morgan fingerprint density at radius 1 is 1.70 bits per heavy atom. The van der Waals surface area contributed by atoms with Gasteiger partial charge in [0.2, 0.25) is 5.88 Å². The standard InChI is InChI=1S/C8H9NO/c1-2-7-10-8-5-3-4-6-9-8/h4,6H,2,7H2,1H3. The lowest BCUT2D eigenvalue weighted by atomic mass is 10.5. The van der Waals surface area contributed by atoms with Gasteiger partial charge in [-0.25, -0.2) is 4.98 Å². The molecule has 0 aliphatic carbocycles. The molecular weight excluding hydrogens is 126 g/mol. The third-order valence-electron chi connectivity index (χ3n) is 0.972. The molecule has 1 rings (SSSR count). The lowest BCUT2D eigenvalue weighted by Crippen LogP contribution is -1.96. The number of aromatic nitrogens is 1. The Morgan fingerprint density at radius 3 is 3.20 bits per heavy atom. The van der Waals surface area contributed by atoms with Crippen LogP contribution in [0.3, 0.4) is 0 Å². The van der Waals surface area contributed by atoms with Gasteiger partial charge in [0.25, 0.3) is 0 Å². The average Bonchev–Trinajstić information content (AvgIpc) is 2.03. The van der Waals surface area contributed by atoms with Crippen LogP contribution in [0.1, 0.15) is 13.3 Å². The van der Waals surface area contributed by atoms with E-state index in [1.165, 1.54) is 0 Å². The third-order valence-corrected chi connectivity index (χ3v) is 0.972. The number of pyridine rings is 1. The van der Waals surface area contributed by atoms with Crippen LogP contribution in [0, 0.1) is 12.1 Å². The lowest BCUT2D eigenvalue weighted by molar-refractivity contribution is 0.304. The predicted octanol–water partition coefficient (Wildman–Crippen LogP) is 1.47. The van der Waals surface area contributed by atoms with Crippen molar-refractivity contribution in [3.05, 3.63) is 24.4 Å². The van der Waals surface area contributed by atoms with Gasteiger partial charge in [0.1, 0.15) is 0 Å². The first-order valence-electron chi connectivity index (χ1n) is 3.30. The van der Waals surface area contributed by atoms with E-state index in [2.05, 4.69) is 17.1 Å². The van der Waals surface area contributed by atoms with Crippen molar-refractivity contribution in [2.45, 2.75) is 13.3 Å². The number of hydrogen-bond donors (Lipinski definition) is 0. The molecule has 0 aromatic carbocycles. The second-order valence-electron chi connectivity index (χ2n) is 1.87. The van der Waals surface area contributed by atoms with E-state index in [0.29, 0.717) is 12.5 Å². The summed E-state index contributed by atoms with van der Waals surface area (Å²) < 4.78 is 5.16. The summed E-state index contributed by atoms with van der Waals surface area (Å²) in [6.07, 6.45) is 2.63. The summed E-state index contributed by atoms with van der Waals surface area (Å²) in [7, 11) is 0. The highest BCUT2D eigenvalue weighted by molar-refractivity contribution is 5.05. The fourth-order valence-corrected chi connectivity index (χ4v) is 0.550. The van der Waals surface area contributed by atoms with Crippen molar-refractivity contribution >= 4 is 0 Å². The first kappa shape index (κ1) is 7.06. The molecule has 1 aromatic rings. The normalized spacial score (nSPS) is 9.30. The van der Waals surface area contributed by atoms with Crippen LogP contribution >= 0.6 is 0 Å². The van der Waals surface area contributed by atoms with E-state index in [1.54, 1.807) is 12.3 Å². The lowest BCUT2D eigenvalue weighted by Gasteiger charge is -1.99. The van der Waals surface area contributed by atoms with E-state index in [1.807, 2.05) is 6.92 Å². The summed E-state index contributed by atoms with van der Waals surface area (Å²) in [6.45, 7) is 2.74. The molecule has 0 bridgehead atoms. The van der Waals surface area contributed by atoms with E-state index in [-0.39, 0.29) is 0 Å². The minimum absolute atomic E-state index is 0.532. The summed E-state index contributed by atoms with van der Waals surface area (Å²) in [5, 5.41) is 0. The van der Waals surface area contributed by atoms with Crippen LogP contribution < -0.4 is 4.74 Å². The molecule has 10 heavy (non-hydrogen) atoms. The zero-order valence-corrected chi connectivity index (χ0v) is 5.92.